The highest BCUT2D eigenvalue weighted by Crippen LogP contribution is 2.06. The van der Waals surface area contributed by atoms with Gasteiger partial charge >= 0.3 is 5.97 Å². The van der Waals surface area contributed by atoms with Gasteiger partial charge in [0.2, 0.25) is 0 Å². The Hall–Kier alpha value is -1.85. The van der Waals surface area contributed by atoms with Gasteiger partial charge in [0.05, 0.1) is 17.7 Å². The average molecular weight is 253 g/mol. The maximum atomic E-state index is 12.0. The van der Waals surface area contributed by atoms with Crippen LogP contribution in [0.4, 0.5) is 0 Å². The number of hydrogen-bond donors (Lipinski definition) is 1. The summed E-state index contributed by atoms with van der Waals surface area (Å²) in [5.41, 5.74) is 0.489. The van der Waals surface area contributed by atoms with Crippen LogP contribution >= 0.6 is 0 Å². The zero-order chi connectivity index (χ0) is 13.7. The molecule has 1 amide bonds. The van der Waals surface area contributed by atoms with Crippen LogP contribution in [0.1, 0.15) is 30.6 Å². The third-order valence-corrected chi connectivity index (χ3v) is 2.65. The van der Waals surface area contributed by atoms with Crippen molar-refractivity contribution in [3.05, 3.63) is 18.0 Å². The van der Waals surface area contributed by atoms with Crippen molar-refractivity contribution in [1.29, 1.82) is 0 Å². The van der Waals surface area contributed by atoms with Crippen LogP contribution in [-0.2, 0) is 11.3 Å². The SMILES string of the molecule is CCCn1cc(C(=O)N(C)CC(C)C(=O)O)cn1. The van der Waals surface area contributed by atoms with Crippen LogP contribution in [0.25, 0.3) is 0 Å². The topological polar surface area (TPSA) is 75.4 Å². The van der Waals surface area contributed by atoms with Crippen molar-refractivity contribution in [2.45, 2.75) is 26.8 Å². The van der Waals surface area contributed by atoms with Crippen LogP contribution in [0.5, 0.6) is 0 Å². The van der Waals surface area contributed by atoms with Gasteiger partial charge in [-0.05, 0) is 6.42 Å². The van der Waals surface area contributed by atoms with Gasteiger partial charge in [-0.3, -0.25) is 14.3 Å². The lowest BCUT2D eigenvalue weighted by Crippen LogP contribution is -2.33. The molecular formula is C12H19N3O3. The molecule has 0 saturated heterocycles. The number of rotatable bonds is 6. The van der Waals surface area contributed by atoms with Crippen molar-refractivity contribution in [2.75, 3.05) is 13.6 Å². The molecule has 1 unspecified atom stereocenters. The van der Waals surface area contributed by atoms with E-state index in [4.69, 9.17) is 5.11 Å². The van der Waals surface area contributed by atoms with Crippen LogP contribution < -0.4 is 0 Å². The predicted octanol–water partition coefficient (Wildman–Crippen LogP) is 1.09. The second-order valence-electron chi connectivity index (χ2n) is 4.42. The first kappa shape index (κ1) is 14.2. The minimum Gasteiger partial charge on any atom is -0.481 e. The smallest absolute Gasteiger partial charge is 0.308 e. The molecule has 0 saturated carbocycles. The van der Waals surface area contributed by atoms with E-state index in [1.54, 1.807) is 24.9 Å². The highest BCUT2D eigenvalue weighted by molar-refractivity contribution is 5.93. The first-order chi connectivity index (χ1) is 8.45. The van der Waals surface area contributed by atoms with Crippen molar-refractivity contribution in [3.63, 3.8) is 0 Å². The first-order valence-electron chi connectivity index (χ1n) is 5.96. The fourth-order valence-electron chi connectivity index (χ4n) is 1.62. The fourth-order valence-corrected chi connectivity index (χ4v) is 1.62. The number of aromatic nitrogens is 2. The minimum atomic E-state index is -0.906. The average Bonchev–Trinajstić information content (AvgIpc) is 2.76. The molecule has 0 aliphatic carbocycles. The summed E-state index contributed by atoms with van der Waals surface area (Å²) in [5, 5.41) is 12.9. The number of carboxylic acid groups (broad SMARTS) is 1. The number of hydrogen-bond acceptors (Lipinski definition) is 3. The molecule has 1 rings (SSSR count). The lowest BCUT2D eigenvalue weighted by molar-refractivity contribution is -0.141. The molecule has 0 aliphatic heterocycles. The molecule has 0 aromatic carbocycles. The second-order valence-corrected chi connectivity index (χ2v) is 4.42. The van der Waals surface area contributed by atoms with Crippen molar-refractivity contribution in [1.82, 2.24) is 14.7 Å². The third-order valence-electron chi connectivity index (χ3n) is 2.65. The molecule has 0 radical (unpaired) electrons. The maximum absolute atomic E-state index is 12.0. The van der Waals surface area contributed by atoms with E-state index >= 15 is 0 Å². The monoisotopic (exact) mass is 253 g/mol. The summed E-state index contributed by atoms with van der Waals surface area (Å²) in [5.74, 6) is -1.69. The van der Waals surface area contributed by atoms with E-state index in [1.807, 2.05) is 6.92 Å². The molecule has 18 heavy (non-hydrogen) atoms. The van der Waals surface area contributed by atoms with Crippen LogP contribution in [0.3, 0.4) is 0 Å². The number of aryl methyl sites for hydroxylation is 1. The third kappa shape index (κ3) is 3.58. The molecular weight excluding hydrogens is 234 g/mol. The number of nitrogens with zero attached hydrogens (tertiary/aromatic N) is 3. The predicted molar refractivity (Wildman–Crippen MR) is 66.3 cm³/mol. The molecule has 1 N–H and O–H groups in total. The Balaban J connectivity index is 2.64. The summed E-state index contributed by atoms with van der Waals surface area (Å²) >= 11 is 0. The Morgan fingerprint density at radius 1 is 1.56 bits per heavy atom. The van der Waals surface area contributed by atoms with Gasteiger partial charge in [-0.25, -0.2) is 0 Å². The molecule has 0 fully saturated rings. The molecule has 1 aromatic heterocycles. The van der Waals surface area contributed by atoms with E-state index in [-0.39, 0.29) is 12.5 Å². The van der Waals surface area contributed by atoms with E-state index in [2.05, 4.69) is 5.10 Å². The Bertz CT molecular complexity index is 428. The van der Waals surface area contributed by atoms with E-state index in [0.29, 0.717) is 5.56 Å². The summed E-state index contributed by atoms with van der Waals surface area (Å²) in [6.07, 6.45) is 4.15. The minimum absolute atomic E-state index is 0.188. The van der Waals surface area contributed by atoms with Gasteiger partial charge in [-0.2, -0.15) is 5.10 Å². The summed E-state index contributed by atoms with van der Waals surface area (Å²) < 4.78 is 1.71. The van der Waals surface area contributed by atoms with Gasteiger partial charge in [0.15, 0.2) is 0 Å². The zero-order valence-electron chi connectivity index (χ0n) is 11.0. The van der Waals surface area contributed by atoms with Gasteiger partial charge in [-0.15, -0.1) is 0 Å². The molecule has 100 valence electrons. The quantitative estimate of drug-likeness (QED) is 0.823. The molecule has 0 bridgehead atoms. The lowest BCUT2D eigenvalue weighted by Gasteiger charge is -2.18. The highest BCUT2D eigenvalue weighted by Gasteiger charge is 2.19. The van der Waals surface area contributed by atoms with Crippen LogP contribution in [0, 0.1) is 5.92 Å². The maximum Gasteiger partial charge on any atom is 0.308 e. The van der Waals surface area contributed by atoms with E-state index in [0.717, 1.165) is 13.0 Å². The van der Waals surface area contributed by atoms with Gasteiger partial charge in [-0.1, -0.05) is 13.8 Å². The Morgan fingerprint density at radius 3 is 2.78 bits per heavy atom. The first-order valence-corrected chi connectivity index (χ1v) is 5.96. The standard InChI is InChI=1S/C12H19N3O3/c1-4-5-15-8-10(6-13-15)11(16)14(3)7-9(2)12(17)18/h6,8-9H,4-5,7H2,1-3H3,(H,17,18). The number of aliphatic carboxylic acids is 1. The molecule has 0 spiro atoms. The Kier molecular flexibility index (Phi) is 4.88. The number of carboxylic acids is 1. The number of carbonyl (C=O) groups is 2. The summed E-state index contributed by atoms with van der Waals surface area (Å²) in [4.78, 5) is 24.1. The summed E-state index contributed by atoms with van der Waals surface area (Å²) in [7, 11) is 1.60. The molecule has 1 heterocycles. The van der Waals surface area contributed by atoms with E-state index in [9.17, 15) is 9.59 Å². The van der Waals surface area contributed by atoms with E-state index < -0.39 is 11.9 Å². The summed E-state index contributed by atoms with van der Waals surface area (Å²) in [6.45, 7) is 4.56. The van der Waals surface area contributed by atoms with Gasteiger partial charge < -0.3 is 10.0 Å². The zero-order valence-corrected chi connectivity index (χ0v) is 11.0. The van der Waals surface area contributed by atoms with Crippen LogP contribution in [0.15, 0.2) is 12.4 Å². The van der Waals surface area contributed by atoms with Gasteiger partial charge in [0.1, 0.15) is 0 Å². The second kappa shape index (κ2) is 6.18. The molecule has 1 aromatic rings. The van der Waals surface area contributed by atoms with Crippen LogP contribution in [0.2, 0.25) is 0 Å². The molecule has 6 nitrogen and oxygen atoms in total. The number of carbonyl (C=O) groups excluding carboxylic acids is 1. The normalized spacial score (nSPS) is 12.2. The molecule has 1 atom stereocenters. The highest BCUT2D eigenvalue weighted by atomic mass is 16.4. The van der Waals surface area contributed by atoms with Gasteiger partial charge in [0.25, 0.3) is 5.91 Å². The van der Waals surface area contributed by atoms with Crippen molar-refractivity contribution in [3.8, 4) is 0 Å². The summed E-state index contributed by atoms with van der Waals surface area (Å²) in [6, 6.07) is 0. The van der Waals surface area contributed by atoms with E-state index in [1.165, 1.54) is 11.1 Å². The molecule has 6 heteroatoms. The van der Waals surface area contributed by atoms with Crippen molar-refractivity contribution < 1.29 is 14.7 Å². The fraction of sp³-hybridized carbons (Fsp3) is 0.583. The largest absolute Gasteiger partial charge is 0.481 e. The Morgan fingerprint density at radius 2 is 2.22 bits per heavy atom. The Labute approximate surface area is 106 Å². The number of amides is 1. The molecule has 0 aliphatic rings. The van der Waals surface area contributed by atoms with Gasteiger partial charge in [0, 0.05) is 26.3 Å². The lowest BCUT2D eigenvalue weighted by atomic mass is 10.1. The van der Waals surface area contributed by atoms with Crippen LogP contribution in [-0.4, -0.2) is 45.3 Å². The van der Waals surface area contributed by atoms with Crippen molar-refractivity contribution in [2.24, 2.45) is 5.92 Å². The van der Waals surface area contributed by atoms with Crippen molar-refractivity contribution >= 4 is 11.9 Å².